The maximum atomic E-state index is 12.5. The van der Waals surface area contributed by atoms with Crippen LogP contribution in [0.3, 0.4) is 0 Å². The summed E-state index contributed by atoms with van der Waals surface area (Å²) < 4.78 is 2.00. The zero-order chi connectivity index (χ0) is 23.1. The maximum Gasteiger partial charge on any atom is 0.234 e. The number of rotatable bonds is 10. The van der Waals surface area contributed by atoms with Crippen LogP contribution in [0.4, 0.5) is 11.4 Å². The largest absolute Gasteiger partial charge is 0.372 e. The summed E-state index contributed by atoms with van der Waals surface area (Å²) >= 11 is 1.38. The third-order valence-corrected chi connectivity index (χ3v) is 6.46. The van der Waals surface area contributed by atoms with Gasteiger partial charge in [-0.15, -0.1) is 16.8 Å². The second kappa shape index (κ2) is 11.0. The van der Waals surface area contributed by atoms with E-state index in [4.69, 9.17) is 0 Å². The molecule has 0 aliphatic rings. The lowest BCUT2D eigenvalue weighted by Crippen LogP contribution is -2.21. The van der Waals surface area contributed by atoms with Gasteiger partial charge in [0.1, 0.15) is 0 Å². The van der Waals surface area contributed by atoms with Crippen LogP contribution < -0.4 is 10.2 Å². The minimum Gasteiger partial charge on any atom is -0.372 e. The van der Waals surface area contributed by atoms with E-state index in [1.54, 1.807) is 0 Å². The normalized spacial score (nSPS) is 10.8. The van der Waals surface area contributed by atoms with Crippen molar-refractivity contribution >= 4 is 29.0 Å². The molecule has 0 saturated heterocycles. The van der Waals surface area contributed by atoms with Crippen LogP contribution in [0.5, 0.6) is 0 Å². The summed E-state index contributed by atoms with van der Waals surface area (Å²) in [5.74, 6) is 0.958. The van der Waals surface area contributed by atoms with Gasteiger partial charge < -0.3 is 10.2 Å². The summed E-state index contributed by atoms with van der Waals surface area (Å²) in [6.45, 7) is 14.7. The van der Waals surface area contributed by atoms with E-state index in [1.165, 1.54) is 17.4 Å². The molecule has 3 rings (SSSR count). The molecular weight excluding hydrogens is 418 g/mol. The first kappa shape index (κ1) is 23.6. The average Bonchev–Trinajstić information content (AvgIpc) is 3.19. The van der Waals surface area contributed by atoms with Gasteiger partial charge in [-0.3, -0.25) is 9.36 Å². The molecule has 0 aliphatic heterocycles. The van der Waals surface area contributed by atoms with Gasteiger partial charge in [0.2, 0.25) is 5.91 Å². The molecule has 1 amide bonds. The maximum absolute atomic E-state index is 12.5. The third kappa shape index (κ3) is 5.40. The lowest BCUT2D eigenvalue weighted by molar-refractivity contribution is -0.113. The van der Waals surface area contributed by atoms with Crippen LogP contribution in [0.15, 0.2) is 60.3 Å². The Morgan fingerprint density at radius 2 is 1.84 bits per heavy atom. The van der Waals surface area contributed by atoms with Crippen molar-refractivity contribution in [1.29, 1.82) is 0 Å². The first-order valence-electron chi connectivity index (χ1n) is 10.9. The smallest absolute Gasteiger partial charge is 0.234 e. The quantitative estimate of drug-likeness (QED) is 0.335. The second-order valence-corrected chi connectivity index (χ2v) is 8.45. The minimum atomic E-state index is -0.0676. The molecule has 1 heterocycles. The molecule has 0 spiro atoms. The van der Waals surface area contributed by atoms with Gasteiger partial charge in [0, 0.05) is 36.6 Å². The van der Waals surface area contributed by atoms with Crippen LogP contribution in [0.25, 0.3) is 11.4 Å². The molecule has 0 saturated carbocycles. The number of anilines is 2. The van der Waals surface area contributed by atoms with Crippen LogP contribution in [-0.4, -0.2) is 39.5 Å². The molecule has 1 aromatic heterocycles. The molecule has 32 heavy (non-hydrogen) atoms. The zero-order valence-electron chi connectivity index (χ0n) is 19.3. The number of carbonyl (C=O) groups excluding carboxylic acids is 1. The van der Waals surface area contributed by atoms with Gasteiger partial charge in [0.15, 0.2) is 11.0 Å². The van der Waals surface area contributed by atoms with Crippen molar-refractivity contribution in [1.82, 2.24) is 14.8 Å². The molecule has 6 nitrogen and oxygen atoms in total. The zero-order valence-corrected chi connectivity index (χ0v) is 20.1. The number of aromatic nitrogens is 3. The van der Waals surface area contributed by atoms with Gasteiger partial charge >= 0.3 is 0 Å². The number of aryl methyl sites for hydroxylation is 1. The molecule has 0 aliphatic carbocycles. The van der Waals surface area contributed by atoms with Gasteiger partial charge in [-0.05, 0) is 69.2 Å². The summed E-state index contributed by atoms with van der Waals surface area (Å²) in [7, 11) is 0. The van der Waals surface area contributed by atoms with Crippen LogP contribution in [0.1, 0.15) is 25.0 Å². The number of nitrogens with zero attached hydrogens (tertiary/aromatic N) is 4. The molecule has 1 N–H and O–H groups in total. The first-order chi connectivity index (χ1) is 15.5. The van der Waals surface area contributed by atoms with Crippen molar-refractivity contribution in [3.63, 3.8) is 0 Å². The third-order valence-electron chi connectivity index (χ3n) is 5.49. The highest BCUT2D eigenvalue weighted by Gasteiger charge is 2.16. The van der Waals surface area contributed by atoms with E-state index >= 15 is 0 Å². The van der Waals surface area contributed by atoms with Gasteiger partial charge in [-0.25, -0.2) is 0 Å². The van der Waals surface area contributed by atoms with Crippen LogP contribution >= 0.6 is 11.8 Å². The van der Waals surface area contributed by atoms with Crippen molar-refractivity contribution in [3.8, 4) is 11.4 Å². The van der Waals surface area contributed by atoms with Gasteiger partial charge in [-0.2, -0.15) is 0 Å². The van der Waals surface area contributed by atoms with Crippen LogP contribution in [0, 0.1) is 13.8 Å². The Bertz CT molecular complexity index is 1070. The highest BCUT2D eigenvalue weighted by atomic mass is 32.2. The predicted molar refractivity (Wildman–Crippen MR) is 134 cm³/mol. The molecule has 0 bridgehead atoms. The van der Waals surface area contributed by atoms with Crippen molar-refractivity contribution in [3.05, 3.63) is 66.2 Å². The number of hydrogen-bond donors (Lipinski definition) is 1. The number of thioether (sulfide) groups is 1. The monoisotopic (exact) mass is 449 g/mol. The Kier molecular flexibility index (Phi) is 8.11. The van der Waals surface area contributed by atoms with Crippen molar-refractivity contribution in [2.75, 3.05) is 29.1 Å². The van der Waals surface area contributed by atoms with E-state index in [0.29, 0.717) is 11.7 Å². The topological polar surface area (TPSA) is 63.1 Å². The van der Waals surface area contributed by atoms with Crippen molar-refractivity contribution < 1.29 is 4.79 Å². The molecule has 0 atom stereocenters. The lowest BCUT2D eigenvalue weighted by Gasteiger charge is -2.21. The fourth-order valence-corrected chi connectivity index (χ4v) is 4.26. The lowest BCUT2D eigenvalue weighted by atomic mass is 10.1. The average molecular weight is 450 g/mol. The fourth-order valence-electron chi connectivity index (χ4n) is 3.52. The second-order valence-electron chi connectivity index (χ2n) is 7.51. The molecule has 7 heteroatoms. The molecule has 3 aromatic rings. The Morgan fingerprint density at radius 3 is 2.50 bits per heavy atom. The number of hydrogen-bond acceptors (Lipinski definition) is 5. The first-order valence-corrected chi connectivity index (χ1v) is 11.8. The Hall–Kier alpha value is -3.06. The van der Waals surface area contributed by atoms with E-state index in [1.807, 2.05) is 42.7 Å². The standard InChI is InChI=1S/C25H31N5OS/c1-6-16-30-24(20-12-14-21(15-13-20)29(7-2)8-3)27-28-25(30)32-17-23(31)26-22-11-9-10-18(4)19(22)5/h6,9-15H,1,7-8,16-17H2,2-5H3,(H,26,31). The number of allylic oxidation sites excluding steroid dienone is 1. The minimum absolute atomic E-state index is 0.0676. The molecule has 0 fully saturated rings. The Morgan fingerprint density at radius 1 is 1.12 bits per heavy atom. The van der Waals surface area contributed by atoms with E-state index < -0.39 is 0 Å². The van der Waals surface area contributed by atoms with E-state index in [9.17, 15) is 4.79 Å². The fraction of sp³-hybridized carbons (Fsp3) is 0.320. The Labute approximate surface area is 194 Å². The molecule has 168 valence electrons. The number of carbonyl (C=O) groups is 1. The van der Waals surface area contributed by atoms with Crippen molar-refractivity contribution in [2.45, 2.75) is 39.4 Å². The molecular formula is C25H31N5OS. The number of benzene rings is 2. The van der Waals surface area contributed by atoms with E-state index in [2.05, 4.69) is 65.1 Å². The summed E-state index contributed by atoms with van der Waals surface area (Å²) in [6.07, 6.45) is 1.82. The highest BCUT2D eigenvalue weighted by molar-refractivity contribution is 7.99. The number of nitrogens with one attached hydrogen (secondary N) is 1. The summed E-state index contributed by atoms with van der Waals surface area (Å²) in [5, 5.41) is 12.5. The highest BCUT2D eigenvalue weighted by Crippen LogP contribution is 2.26. The molecule has 2 aromatic carbocycles. The van der Waals surface area contributed by atoms with Crippen molar-refractivity contribution in [2.24, 2.45) is 0 Å². The summed E-state index contributed by atoms with van der Waals surface area (Å²) in [4.78, 5) is 14.8. The van der Waals surface area contributed by atoms with Crippen LogP contribution in [-0.2, 0) is 11.3 Å². The van der Waals surface area contributed by atoms with Gasteiger partial charge in [0.05, 0.1) is 5.75 Å². The SMILES string of the molecule is C=CCn1c(SCC(=O)Nc2cccc(C)c2C)nnc1-c1ccc(N(CC)CC)cc1. The van der Waals surface area contributed by atoms with E-state index in [0.717, 1.165) is 41.3 Å². The summed E-state index contributed by atoms with van der Waals surface area (Å²) in [6, 6.07) is 14.3. The Balaban J connectivity index is 1.74. The van der Waals surface area contributed by atoms with Crippen LogP contribution in [0.2, 0.25) is 0 Å². The number of amides is 1. The predicted octanol–water partition coefficient (Wildman–Crippen LogP) is 5.32. The van der Waals surface area contributed by atoms with Gasteiger partial charge in [0.25, 0.3) is 0 Å². The molecule has 0 unspecified atom stereocenters. The summed E-state index contributed by atoms with van der Waals surface area (Å²) in [5.41, 5.74) is 5.25. The van der Waals surface area contributed by atoms with Gasteiger partial charge in [-0.1, -0.05) is 30.0 Å². The molecule has 0 radical (unpaired) electrons. The van der Waals surface area contributed by atoms with E-state index in [-0.39, 0.29) is 11.7 Å².